The number of amides is 2. The predicted molar refractivity (Wildman–Crippen MR) is 98.5 cm³/mol. The maximum absolute atomic E-state index is 12.8. The van der Waals surface area contributed by atoms with Crippen LogP contribution < -0.4 is 10.2 Å². The van der Waals surface area contributed by atoms with E-state index in [1.165, 1.54) is 0 Å². The zero-order valence-corrected chi connectivity index (χ0v) is 15.0. The molecule has 25 heavy (non-hydrogen) atoms. The lowest BCUT2D eigenvalue weighted by atomic mass is 10.1. The number of anilines is 1. The molecule has 1 unspecified atom stereocenters. The Balaban J connectivity index is 1.50. The van der Waals surface area contributed by atoms with Crippen molar-refractivity contribution in [3.63, 3.8) is 0 Å². The van der Waals surface area contributed by atoms with Crippen LogP contribution in [-0.2, 0) is 9.59 Å². The number of nitrogens with one attached hydrogen (secondary N) is 1. The van der Waals surface area contributed by atoms with Gasteiger partial charge < -0.3 is 15.1 Å². The first-order valence-corrected chi connectivity index (χ1v) is 9.23. The third-order valence-corrected chi connectivity index (χ3v) is 5.17. The van der Waals surface area contributed by atoms with Gasteiger partial charge in [-0.25, -0.2) is 0 Å². The number of hydrogen-bond donors (Lipinski definition) is 1. The van der Waals surface area contributed by atoms with Crippen LogP contribution in [0.4, 0.5) is 5.69 Å². The van der Waals surface area contributed by atoms with Crippen molar-refractivity contribution in [2.24, 2.45) is 0 Å². The first kappa shape index (κ1) is 17.9. The molecule has 0 bridgehead atoms. The number of carbonyl (C=O) groups excluding carboxylic acids is 2. The van der Waals surface area contributed by atoms with Gasteiger partial charge in [-0.15, -0.1) is 0 Å². The monoisotopic (exact) mass is 344 g/mol. The topological polar surface area (TPSA) is 55.9 Å². The summed E-state index contributed by atoms with van der Waals surface area (Å²) in [5.74, 6) is 0.429. The quantitative estimate of drug-likeness (QED) is 0.780. The van der Waals surface area contributed by atoms with E-state index >= 15 is 0 Å². The normalized spacial score (nSPS) is 21.8. The van der Waals surface area contributed by atoms with Gasteiger partial charge in [-0.3, -0.25) is 14.5 Å². The van der Waals surface area contributed by atoms with Gasteiger partial charge in [-0.2, -0.15) is 0 Å². The minimum absolute atomic E-state index is 0.0400. The summed E-state index contributed by atoms with van der Waals surface area (Å²) >= 11 is 0. The minimum Gasteiger partial charge on any atom is -0.340 e. The molecule has 0 aliphatic carbocycles. The Morgan fingerprint density at radius 3 is 2.52 bits per heavy atom. The Morgan fingerprint density at radius 1 is 1.12 bits per heavy atom. The molecule has 1 N–H and O–H groups in total. The summed E-state index contributed by atoms with van der Waals surface area (Å²) in [7, 11) is 1.90. The molecule has 0 aromatic heterocycles. The van der Waals surface area contributed by atoms with E-state index in [0.717, 1.165) is 57.8 Å². The third kappa shape index (κ3) is 4.19. The minimum atomic E-state index is -0.0400. The number of rotatable bonds is 6. The first-order chi connectivity index (χ1) is 12.2. The number of piperazine rings is 1. The first-order valence-electron chi connectivity index (χ1n) is 9.23. The second-order valence-corrected chi connectivity index (χ2v) is 6.75. The SMILES string of the molecule is CNCCCC(=O)N1CCN(C2CCN(c3ccccc3)C2=O)CC1. The van der Waals surface area contributed by atoms with Gasteiger partial charge in [0.1, 0.15) is 0 Å². The summed E-state index contributed by atoms with van der Waals surface area (Å²) in [6.07, 6.45) is 2.34. The van der Waals surface area contributed by atoms with E-state index in [0.29, 0.717) is 6.42 Å². The highest BCUT2D eigenvalue weighted by Crippen LogP contribution is 2.25. The summed E-state index contributed by atoms with van der Waals surface area (Å²) in [6, 6.07) is 9.84. The number of benzene rings is 1. The molecule has 2 fully saturated rings. The Bertz CT molecular complexity index is 584. The molecule has 6 nitrogen and oxygen atoms in total. The summed E-state index contributed by atoms with van der Waals surface area (Å²) in [6.45, 7) is 4.68. The summed E-state index contributed by atoms with van der Waals surface area (Å²) < 4.78 is 0. The van der Waals surface area contributed by atoms with Crippen molar-refractivity contribution in [1.82, 2.24) is 15.1 Å². The van der Waals surface area contributed by atoms with Crippen molar-refractivity contribution in [3.05, 3.63) is 30.3 Å². The molecule has 2 saturated heterocycles. The lowest BCUT2D eigenvalue weighted by molar-refractivity contribution is -0.133. The predicted octanol–water partition coefficient (Wildman–Crippen LogP) is 0.936. The van der Waals surface area contributed by atoms with Crippen molar-refractivity contribution >= 4 is 17.5 Å². The molecular formula is C19H28N4O2. The lowest BCUT2D eigenvalue weighted by Crippen LogP contribution is -2.53. The number of hydrogen-bond acceptors (Lipinski definition) is 4. The van der Waals surface area contributed by atoms with Crippen LogP contribution in [-0.4, -0.2) is 74.0 Å². The van der Waals surface area contributed by atoms with E-state index < -0.39 is 0 Å². The van der Waals surface area contributed by atoms with Gasteiger partial charge in [-0.1, -0.05) is 18.2 Å². The summed E-state index contributed by atoms with van der Waals surface area (Å²) in [5.41, 5.74) is 0.980. The van der Waals surface area contributed by atoms with Crippen molar-refractivity contribution in [2.45, 2.75) is 25.3 Å². The number of para-hydroxylation sites is 1. The van der Waals surface area contributed by atoms with Crippen LogP contribution in [0.25, 0.3) is 0 Å². The highest BCUT2D eigenvalue weighted by molar-refractivity contribution is 5.99. The fourth-order valence-electron chi connectivity index (χ4n) is 3.73. The van der Waals surface area contributed by atoms with Gasteiger partial charge in [-0.05, 0) is 38.6 Å². The Labute approximate surface area is 149 Å². The van der Waals surface area contributed by atoms with Crippen molar-refractivity contribution in [2.75, 3.05) is 51.2 Å². The molecule has 0 radical (unpaired) electrons. The van der Waals surface area contributed by atoms with Crippen LogP contribution in [0.2, 0.25) is 0 Å². The lowest BCUT2D eigenvalue weighted by Gasteiger charge is -2.37. The highest BCUT2D eigenvalue weighted by atomic mass is 16.2. The average molecular weight is 344 g/mol. The van der Waals surface area contributed by atoms with Gasteiger partial charge in [0.2, 0.25) is 11.8 Å². The molecule has 0 spiro atoms. The molecule has 6 heteroatoms. The zero-order chi connectivity index (χ0) is 17.6. The molecule has 1 atom stereocenters. The second kappa shape index (κ2) is 8.45. The van der Waals surface area contributed by atoms with Gasteiger partial charge in [0.25, 0.3) is 0 Å². The molecule has 2 aliphatic heterocycles. The Morgan fingerprint density at radius 2 is 1.84 bits per heavy atom. The maximum atomic E-state index is 12.8. The molecular weight excluding hydrogens is 316 g/mol. The maximum Gasteiger partial charge on any atom is 0.244 e. The van der Waals surface area contributed by atoms with Crippen molar-refractivity contribution in [1.29, 1.82) is 0 Å². The van der Waals surface area contributed by atoms with Crippen LogP contribution in [0.3, 0.4) is 0 Å². The fourth-order valence-corrected chi connectivity index (χ4v) is 3.73. The van der Waals surface area contributed by atoms with Crippen molar-refractivity contribution < 1.29 is 9.59 Å². The molecule has 2 amide bonds. The second-order valence-electron chi connectivity index (χ2n) is 6.75. The molecule has 2 heterocycles. The van der Waals surface area contributed by atoms with Crippen LogP contribution in [0.15, 0.2) is 30.3 Å². The van der Waals surface area contributed by atoms with Crippen molar-refractivity contribution in [3.8, 4) is 0 Å². The third-order valence-electron chi connectivity index (χ3n) is 5.17. The molecule has 3 rings (SSSR count). The number of carbonyl (C=O) groups is 2. The van der Waals surface area contributed by atoms with E-state index in [1.807, 2.05) is 47.2 Å². The van der Waals surface area contributed by atoms with E-state index in [1.54, 1.807) is 0 Å². The largest absolute Gasteiger partial charge is 0.340 e. The van der Waals surface area contributed by atoms with Gasteiger partial charge >= 0.3 is 0 Å². The standard InChI is InChI=1S/C19H28N4O2/c1-20-10-5-8-18(24)22-14-12-21(13-15-22)17-9-11-23(19(17)25)16-6-3-2-4-7-16/h2-4,6-7,17,20H,5,8-15H2,1H3. The summed E-state index contributed by atoms with van der Waals surface area (Å²) in [5, 5.41) is 3.07. The molecule has 136 valence electrons. The number of nitrogens with zero attached hydrogens (tertiary/aromatic N) is 3. The van der Waals surface area contributed by atoms with E-state index in [9.17, 15) is 9.59 Å². The van der Waals surface area contributed by atoms with Gasteiger partial charge in [0.05, 0.1) is 6.04 Å². The highest BCUT2D eigenvalue weighted by Gasteiger charge is 2.38. The van der Waals surface area contributed by atoms with Crippen LogP contribution in [0, 0.1) is 0 Å². The molecule has 1 aromatic rings. The van der Waals surface area contributed by atoms with Crippen LogP contribution in [0.1, 0.15) is 19.3 Å². The summed E-state index contributed by atoms with van der Waals surface area (Å²) in [4.78, 5) is 31.1. The Kier molecular flexibility index (Phi) is 6.04. The average Bonchev–Trinajstić information content (AvgIpc) is 3.04. The molecule has 2 aliphatic rings. The zero-order valence-electron chi connectivity index (χ0n) is 15.0. The fraction of sp³-hybridized carbons (Fsp3) is 0.579. The Hall–Kier alpha value is -1.92. The molecule has 0 saturated carbocycles. The molecule has 1 aromatic carbocycles. The smallest absolute Gasteiger partial charge is 0.244 e. The van der Waals surface area contributed by atoms with Gasteiger partial charge in [0, 0.05) is 44.8 Å². The van der Waals surface area contributed by atoms with Crippen LogP contribution in [0.5, 0.6) is 0 Å². The van der Waals surface area contributed by atoms with E-state index in [4.69, 9.17) is 0 Å². The van der Waals surface area contributed by atoms with E-state index in [-0.39, 0.29) is 17.9 Å². The van der Waals surface area contributed by atoms with E-state index in [2.05, 4.69) is 10.2 Å². The van der Waals surface area contributed by atoms with Gasteiger partial charge in [0.15, 0.2) is 0 Å². The van der Waals surface area contributed by atoms with Crippen LogP contribution >= 0.6 is 0 Å².